The van der Waals surface area contributed by atoms with Crippen LogP contribution in [0.3, 0.4) is 0 Å². The monoisotopic (exact) mass is 414 g/mol. The quantitative estimate of drug-likeness (QED) is 0.511. The number of hydrogen-bond donors (Lipinski definition) is 0. The Balaban J connectivity index is 2.01. The normalized spacial score (nSPS) is 12.0. The summed E-state index contributed by atoms with van der Waals surface area (Å²) in [6, 6.07) is 9.27. The molecule has 29 heavy (non-hydrogen) atoms. The second-order valence-corrected chi connectivity index (χ2v) is 5.76. The van der Waals surface area contributed by atoms with Crippen molar-refractivity contribution in [1.82, 2.24) is 9.97 Å². The number of alkyl halides is 6. The van der Waals surface area contributed by atoms with Gasteiger partial charge >= 0.3 is 12.5 Å². The summed E-state index contributed by atoms with van der Waals surface area (Å²) >= 11 is 0. The predicted molar refractivity (Wildman–Crippen MR) is 91.1 cm³/mol. The van der Waals surface area contributed by atoms with E-state index in [9.17, 15) is 26.3 Å². The van der Waals surface area contributed by atoms with E-state index in [1.165, 1.54) is 37.6 Å². The largest absolute Gasteiger partial charge is 0.573 e. The molecule has 2 aromatic carbocycles. The Morgan fingerprint density at radius 3 is 2.14 bits per heavy atom. The minimum atomic E-state index is -4.86. The molecule has 0 bridgehead atoms. The lowest BCUT2D eigenvalue weighted by Crippen LogP contribution is -2.17. The lowest BCUT2D eigenvalue weighted by atomic mass is 10.1. The zero-order chi connectivity index (χ0) is 21.2. The molecule has 0 N–H and O–H groups in total. The number of benzene rings is 2. The Labute approximate surface area is 160 Å². The Bertz CT molecular complexity index is 1000. The van der Waals surface area contributed by atoms with E-state index in [4.69, 9.17) is 4.74 Å². The zero-order valence-electron chi connectivity index (χ0n) is 14.7. The van der Waals surface area contributed by atoms with Gasteiger partial charge in [-0.3, -0.25) is 0 Å². The van der Waals surface area contributed by atoms with Gasteiger partial charge in [0.1, 0.15) is 11.4 Å². The highest BCUT2D eigenvalue weighted by molar-refractivity contribution is 5.70. The van der Waals surface area contributed by atoms with Gasteiger partial charge in [0.2, 0.25) is 0 Å². The molecule has 0 spiro atoms. The first kappa shape index (κ1) is 20.4. The number of methoxy groups -OCH3 is 1. The van der Waals surface area contributed by atoms with Gasteiger partial charge in [0.15, 0.2) is 11.6 Å². The maximum atomic E-state index is 12.7. The molecule has 0 aliphatic carbocycles. The molecule has 3 rings (SSSR count). The van der Waals surface area contributed by atoms with Crippen LogP contribution in [0.1, 0.15) is 5.56 Å². The minimum absolute atomic E-state index is 0.0802. The lowest BCUT2D eigenvalue weighted by molar-refractivity contribution is -0.274. The summed E-state index contributed by atoms with van der Waals surface area (Å²) in [6.45, 7) is 0. The van der Waals surface area contributed by atoms with Crippen LogP contribution in [0.2, 0.25) is 0 Å². The van der Waals surface area contributed by atoms with Gasteiger partial charge in [0.05, 0.1) is 18.9 Å². The Morgan fingerprint density at radius 1 is 0.862 bits per heavy atom. The summed E-state index contributed by atoms with van der Waals surface area (Å²) in [6.07, 6.45) is -8.06. The third-order valence-corrected chi connectivity index (χ3v) is 3.79. The molecule has 10 heteroatoms. The molecule has 0 saturated carbocycles. The van der Waals surface area contributed by atoms with Crippen LogP contribution in [-0.4, -0.2) is 23.4 Å². The van der Waals surface area contributed by atoms with Crippen LogP contribution in [-0.2, 0) is 6.18 Å². The molecule has 0 aliphatic rings. The SMILES string of the molecule is COc1cnc(-c2ccc(C(F)(F)F)cc2)nc1-c1cccc(OC(F)(F)F)c1. The van der Waals surface area contributed by atoms with Gasteiger partial charge in [-0.25, -0.2) is 9.97 Å². The van der Waals surface area contributed by atoms with Crippen LogP contribution in [0.15, 0.2) is 54.7 Å². The molecule has 4 nitrogen and oxygen atoms in total. The molecule has 0 saturated heterocycles. The van der Waals surface area contributed by atoms with Crippen molar-refractivity contribution >= 4 is 0 Å². The van der Waals surface area contributed by atoms with Crippen LogP contribution >= 0.6 is 0 Å². The van der Waals surface area contributed by atoms with Gasteiger partial charge in [0.25, 0.3) is 0 Å². The number of ether oxygens (including phenoxy) is 2. The van der Waals surface area contributed by atoms with Gasteiger partial charge in [0, 0.05) is 11.1 Å². The molecule has 1 heterocycles. The summed E-state index contributed by atoms with van der Waals surface area (Å²) in [5.41, 5.74) is -0.124. The maximum absolute atomic E-state index is 12.7. The van der Waals surface area contributed by atoms with Crippen molar-refractivity contribution in [2.75, 3.05) is 7.11 Å². The fourth-order valence-electron chi connectivity index (χ4n) is 2.51. The first-order chi connectivity index (χ1) is 13.6. The Hall–Kier alpha value is -3.30. The highest BCUT2D eigenvalue weighted by atomic mass is 19.4. The molecule has 0 atom stereocenters. The molecule has 152 valence electrons. The fourth-order valence-corrected chi connectivity index (χ4v) is 2.51. The van der Waals surface area contributed by atoms with E-state index in [1.807, 2.05) is 0 Å². The topological polar surface area (TPSA) is 44.2 Å². The number of nitrogens with zero attached hydrogens (tertiary/aromatic N) is 2. The summed E-state index contributed by atoms with van der Waals surface area (Å²) in [5, 5.41) is 0. The second kappa shape index (κ2) is 7.61. The van der Waals surface area contributed by atoms with Crippen molar-refractivity contribution in [3.05, 3.63) is 60.3 Å². The number of halogens is 6. The van der Waals surface area contributed by atoms with Gasteiger partial charge in [-0.1, -0.05) is 24.3 Å². The first-order valence-electron chi connectivity index (χ1n) is 8.01. The minimum Gasteiger partial charge on any atom is -0.493 e. The van der Waals surface area contributed by atoms with Gasteiger partial charge < -0.3 is 9.47 Å². The van der Waals surface area contributed by atoms with Gasteiger partial charge in [-0.2, -0.15) is 13.2 Å². The number of rotatable bonds is 4. The van der Waals surface area contributed by atoms with E-state index in [0.29, 0.717) is 5.56 Å². The van der Waals surface area contributed by atoms with Crippen LogP contribution in [0.4, 0.5) is 26.3 Å². The summed E-state index contributed by atoms with van der Waals surface area (Å²) in [5.74, 6) is -0.201. The highest BCUT2D eigenvalue weighted by Crippen LogP contribution is 2.34. The molecule has 0 amide bonds. The summed E-state index contributed by atoms with van der Waals surface area (Å²) in [4.78, 5) is 8.31. The molecule has 0 radical (unpaired) electrons. The van der Waals surface area contributed by atoms with Crippen LogP contribution < -0.4 is 9.47 Å². The zero-order valence-corrected chi connectivity index (χ0v) is 14.7. The van der Waals surface area contributed by atoms with Crippen molar-refractivity contribution < 1.29 is 35.8 Å². The third kappa shape index (κ3) is 4.95. The highest BCUT2D eigenvalue weighted by Gasteiger charge is 2.31. The van der Waals surface area contributed by atoms with Crippen molar-refractivity contribution in [3.63, 3.8) is 0 Å². The first-order valence-corrected chi connectivity index (χ1v) is 8.01. The molecule has 3 aromatic rings. The summed E-state index contributed by atoms with van der Waals surface area (Å²) in [7, 11) is 1.33. The van der Waals surface area contributed by atoms with Crippen molar-refractivity contribution in [2.45, 2.75) is 12.5 Å². The van der Waals surface area contributed by atoms with E-state index in [0.717, 1.165) is 24.3 Å². The smallest absolute Gasteiger partial charge is 0.493 e. The average molecular weight is 414 g/mol. The molecule has 1 aromatic heterocycles. The molecule has 0 aliphatic heterocycles. The Kier molecular flexibility index (Phi) is 5.36. The molecular weight excluding hydrogens is 402 g/mol. The molecular formula is C19H12F6N2O2. The standard InChI is InChI=1S/C19H12F6N2O2/c1-28-15-10-26-17(11-5-7-13(8-6-11)18(20,21)22)27-16(15)12-3-2-4-14(9-12)29-19(23,24)25/h2-10H,1H3. The van der Waals surface area contributed by atoms with Gasteiger partial charge in [-0.15, -0.1) is 13.2 Å². The Morgan fingerprint density at radius 2 is 1.55 bits per heavy atom. The predicted octanol–water partition coefficient (Wildman–Crippen LogP) is 5.74. The molecule has 0 fully saturated rings. The van der Waals surface area contributed by atoms with E-state index < -0.39 is 23.9 Å². The van der Waals surface area contributed by atoms with Crippen LogP contribution in [0.5, 0.6) is 11.5 Å². The lowest BCUT2D eigenvalue weighted by Gasteiger charge is -2.12. The van der Waals surface area contributed by atoms with E-state index >= 15 is 0 Å². The third-order valence-electron chi connectivity index (χ3n) is 3.79. The van der Waals surface area contributed by atoms with Gasteiger partial charge in [-0.05, 0) is 24.3 Å². The van der Waals surface area contributed by atoms with Crippen molar-refractivity contribution in [2.24, 2.45) is 0 Å². The van der Waals surface area contributed by atoms with E-state index in [-0.39, 0.29) is 22.8 Å². The molecule has 0 unspecified atom stereocenters. The van der Waals surface area contributed by atoms with Crippen molar-refractivity contribution in [3.8, 4) is 34.1 Å². The average Bonchev–Trinajstić information content (AvgIpc) is 2.66. The number of aromatic nitrogens is 2. The second-order valence-electron chi connectivity index (χ2n) is 5.76. The van der Waals surface area contributed by atoms with Crippen molar-refractivity contribution in [1.29, 1.82) is 0 Å². The fraction of sp³-hybridized carbons (Fsp3) is 0.158. The maximum Gasteiger partial charge on any atom is 0.573 e. The van der Waals surface area contributed by atoms with Crippen LogP contribution in [0.25, 0.3) is 22.6 Å². The van der Waals surface area contributed by atoms with Crippen LogP contribution in [0, 0.1) is 0 Å². The van der Waals surface area contributed by atoms with E-state index in [1.54, 1.807) is 0 Å². The summed E-state index contributed by atoms with van der Waals surface area (Å²) < 4.78 is 84.6. The number of hydrogen-bond acceptors (Lipinski definition) is 4. The van der Waals surface area contributed by atoms with E-state index in [2.05, 4.69) is 14.7 Å².